The lowest BCUT2D eigenvalue weighted by Gasteiger charge is -2.27. The second kappa shape index (κ2) is 11.4. The minimum absolute atomic E-state index is 0.0502. The molecule has 33 heavy (non-hydrogen) atoms. The molecule has 1 aromatic heterocycles. The highest BCUT2D eigenvalue weighted by atomic mass is 79.9. The Morgan fingerprint density at radius 3 is 2.45 bits per heavy atom. The van der Waals surface area contributed by atoms with Crippen molar-refractivity contribution >= 4 is 15.9 Å². The van der Waals surface area contributed by atoms with E-state index >= 15 is 0 Å². The number of hydrogen-bond acceptors (Lipinski definition) is 6. The summed E-state index contributed by atoms with van der Waals surface area (Å²) in [5, 5.41) is 11.2. The first-order chi connectivity index (χ1) is 15.4. The van der Waals surface area contributed by atoms with Gasteiger partial charge in [-0.25, -0.2) is 14.4 Å². The summed E-state index contributed by atoms with van der Waals surface area (Å²) in [7, 11) is 0. The largest absolute Gasteiger partial charge is 0.468 e. The number of hydrazine groups is 1. The molecule has 0 aliphatic carbocycles. The van der Waals surface area contributed by atoms with Crippen LogP contribution in [0.4, 0.5) is 4.39 Å². The van der Waals surface area contributed by atoms with Crippen molar-refractivity contribution in [3.63, 3.8) is 0 Å². The Hall–Kier alpha value is -2.73. The normalized spacial score (nSPS) is 14.0. The molecule has 8 heteroatoms. The third-order valence-corrected chi connectivity index (χ3v) is 5.84. The van der Waals surface area contributed by atoms with Crippen molar-refractivity contribution in [2.45, 2.75) is 40.7 Å². The van der Waals surface area contributed by atoms with Crippen LogP contribution in [0.2, 0.25) is 0 Å². The van der Waals surface area contributed by atoms with Crippen molar-refractivity contribution in [3.05, 3.63) is 69.6 Å². The Morgan fingerprint density at radius 2 is 1.91 bits per heavy atom. The monoisotopic (exact) mass is 515 g/mol. The standard InChI is InChI=1S/C25H31BrFN5O/c1-6-17(14-32(30)15-25(3,4)5)23(29)22(26)16(2)33-24-19(13-28)9-12-21(31-24)18-7-10-20(27)11-8-18/h6-12,16H,14-15,29-30H2,1-5H3/b17-6-,23-22-. The number of halogens is 2. The van der Waals surface area contributed by atoms with Crippen LogP contribution < -0.4 is 16.3 Å². The molecule has 0 radical (unpaired) electrons. The fraction of sp³-hybridized carbons (Fsp3) is 0.360. The summed E-state index contributed by atoms with van der Waals surface area (Å²) in [6.45, 7) is 11.2. The maximum absolute atomic E-state index is 13.3. The fourth-order valence-electron chi connectivity index (χ4n) is 3.20. The van der Waals surface area contributed by atoms with Gasteiger partial charge in [-0.05, 0) is 77.2 Å². The van der Waals surface area contributed by atoms with E-state index in [2.05, 4.69) is 47.8 Å². The molecule has 1 heterocycles. The molecule has 0 aliphatic heterocycles. The van der Waals surface area contributed by atoms with Crippen LogP contribution in [0.1, 0.15) is 40.2 Å². The lowest BCUT2D eigenvalue weighted by molar-refractivity contribution is 0.208. The van der Waals surface area contributed by atoms with Crippen molar-refractivity contribution < 1.29 is 9.13 Å². The van der Waals surface area contributed by atoms with Gasteiger partial charge in [0.25, 0.3) is 0 Å². The highest BCUT2D eigenvalue weighted by Crippen LogP contribution is 2.28. The zero-order valence-corrected chi connectivity index (χ0v) is 21.3. The van der Waals surface area contributed by atoms with Crippen LogP contribution in [0.5, 0.6) is 5.88 Å². The van der Waals surface area contributed by atoms with E-state index in [-0.39, 0.29) is 22.7 Å². The number of nitrogens with zero attached hydrogens (tertiary/aromatic N) is 3. The molecule has 6 nitrogen and oxygen atoms in total. The molecule has 176 valence electrons. The van der Waals surface area contributed by atoms with Gasteiger partial charge in [-0.1, -0.05) is 26.8 Å². The molecule has 1 unspecified atom stereocenters. The zero-order chi connectivity index (χ0) is 24.8. The van der Waals surface area contributed by atoms with Gasteiger partial charge in [-0.2, -0.15) is 5.26 Å². The SMILES string of the molecule is C/C=C(CN(N)CC(C)(C)C)\C(N)=C(\Br)C(C)Oc1nc(-c2ccc(F)cc2)ccc1C#N. The Bertz CT molecular complexity index is 1070. The molecule has 2 rings (SSSR count). The maximum Gasteiger partial charge on any atom is 0.232 e. The molecule has 1 atom stereocenters. The van der Waals surface area contributed by atoms with Gasteiger partial charge in [0.2, 0.25) is 5.88 Å². The first kappa shape index (κ1) is 26.5. The van der Waals surface area contributed by atoms with E-state index < -0.39 is 6.10 Å². The number of allylic oxidation sites excluding steroid dienone is 1. The number of nitrogens with two attached hydrogens (primary N) is 2. The summed E-state index contributed by atoms with van der Waals surface area (Å²) < 4.78 is 19.9. The highest BCUT2D eigenvalue weighted by molar-refractivity contribution is 9.11. The van der Waals surface area contributed by atoms with Crippen molar-refractivity contribution in [3.8, 4) is 23.2 Å². The lowest BCUT2D eigenvalue weighted by Crippen LogP contribution is -2.40. The van der Waals surface area contributed by atoms with E-state index in [9.17, 15) is 9.65 Å². The van der Waals surface area contributed by atoms with Gasteiger partial charge in [0.15, 0.2) is 0 Å². The molecule has 0 fully saturated rings. The van der Waals surface area contributed by atoms with E-state index in [1.807, 2.05) is 19.9 Å². The number of aromatic nitrogens is 1. The quantitative estimate of drug-likeness (QED) is 0.282. The predicted molar refractivity (Wildman–Crippen MR) is 134 cm³/mol. The van der Waals surface area contributed by atoms with E-state index in [0.717, 1.165) is 5.57 Å². The highest BCUT2D eigenvalue weighted by Gasteiger charge is 2.20. The molecule has 0 saturated heterocycles. The number of hydrogen-bond donors (Lipinski definition) is 2. The molecule has 0 bridgehead atoms. The van der Waals surface area contributed by atoms with Crippen LogP contribution in [0.25, 0.3) is 11.3 Å². The van der Waals surface area contributed by atoms with Crippen LogP contribution in [0, 0.1) is 22.6 Å². The second-order valence-electron chi connectivity index (χ2n) is 8.97. The number of rotatable bonds is 8. The fourth-order valence-corrected chi connectivity index (χ4v) is 3.55. The van der Waals surface area contributed by atoms with E-state index in [1.165, 1.54) is 12.1 Å². The van der Waals surface area contributed by atoms with Gasteiger partial charge in [0, 0.05) is 24.4 Å². The molecule has 0 saturated carbocycles. The average Bonchev–Trinajstić information content (AvgIpc) is 2.75. The summed E-state index contributed by atoms with van der Waals surface area (Å²) in [4.78, 5) is 4.48. The Labute approximate surface area is 203 Å². The van der Waals surface area contributed by atoms with Gasteiger partial charge >= 0.3 is 0 Å². The van der Waals surface area contributed by atoms with Crippen LogP contribution in [-0.2, 0) is 0 Å². The number of pyridine rings is 1. The molecule has 0 spiro atoms. The summed E-state index contributed by atoms with van der Waals surface area (Å²) in [5.74, 6) is 6.03. The average molecular weight is 516 g/mol. The molecular weight excluding hydrogens is 485 g/mol. The number of benzene rings is 1. The van der Waals surface area contributed by atoms with Gasteiger partial charge in [0.05, 0.1) is 10.2 Å². The lowest BCUT2D eigenvalue weighted by atomic mass is 9.96. The van der Waals surface area contributed by atoms with Gasteiger partial charge in [-0.3, -0.25) is 5.84 Å². The Balaban J connectivity index is 2.27. The van der Waals surface area contributed by atoms with Crippen molar-refractivity contribution in [2.24, 2.45) is 17.0 Å². The maximum atomic E-state index is 13.3. The third kappa shape index (κ3) is 7.67. The summed E-state index contributed by atoms with van der Waals surface area (Å²) in [6, 6.07) is 11.4. The van der Waals surface area contributed by atoms with Crippen molar-refractivity contribution in [1.29, 1.82) is 5.26 Å². The van der Waals surface area contributed by atoms with Crippen molar-refractivity contribution in [2.75, 3.05) is 13.1 Å². The van der Waals surface area contributed by atoms with E-state index in [1.54, 1.807) is 29.3 Å². The summed E-state index contributed by atoms with van der Waals surface area (Å²) in [5.41, 5.74) is 9.42. The number of nitriles is 1. The van der Waals surface area contributed by atoms with Crippen LogP contribution in [0.15, 0.2) is 58.2 Å². The van der Waals surface area contributed by atoms with Crippen LogP contribution >= 0.6 is 15.9 Å². The smallest absolute Gasteiger partial charge is 0.232 e. The molecule has 1 aromatic carbocycles. The van der Waals surface area contributed by atoms with E-state index in [0.29, 0.717) is 34.5 Å². The third-order valence-electron chi connectivity index (χ3n) is 4.77. The van der Waals surface area contributed by atoms with Gasteiger partial charge < -0.3 is 10.5 Å². The first-order valence-corrected chi connectivity index (χ1v) is 11.4. The molecule has 0 aliphatic rings. The Kier molecular flexibility index (Phi) is 9.17. The Morgan fingerprint density at radius 1 is 1.27 bits per heavy atom. The minimum Gasteiger partial charge on any atom is -0.468 e. The first-order valence-electron chi connectivity index (χ1n) is 10.6. The second-order valence-corrected chi connectivity index (χ2v) is 9.82. The van der Waals surface area contributed by atoms with E-state index in [4.69, 9.17) is 16.3 Å². The summed E-state index contributed by atoms with van der Waals surface area (Å²) >= 11 is 3.55. The van der Waals surface area contributed by atoms with Gasteiger partial charge in [-0.15, -0.1) is 0 Å². The zero-order valence-electron chi connectivity index (χ0n) is 19.7. The molecule has 0 amide bonds. The van der Waals surface area contributed by atoms with Gasteiger partial charge in [0.1, 0.15) is 23.6 Å². The van der Waals surface area contributed by atoms with Crippen molar-refractivity contribution in [1.82, 2.24) is 9.99 Å². The molecular formula is C25H31BrFN5O. The summed E-state index contributed by atoms with van der Waals surface area (Å²) in [6.07, 6.45) is 1.40. The molecule has 2 aromatic rings. The number of ether oxygens (including phenoxy) is 1. The molecule has 4 N–H and O–H groups in total. The van der Waals surface area contributed by atoms with Crippen LogP contribution in [-0.4, -0.2) is 29.2 Å². The topological polar surface area (TPSA) is 101 Å². The minimum atomic E-state index is -0.517. The van der Waals surface area contributed by atoms with Crippen LogP contribution in [0.3, 0.4) is 0 Å². The predicted octanol–water partition coefficient (Wildman–Crippen LogP) is 5.26.